The van der Waals surface area contributed by atoms with Crippen LogP contribution in [0.5, 0.6) is 0 Å². The van der Waals surface area contributed by atoms with Gasteiger partial charge in [0.15, 0.2) is 0 Å². The number of rotatable bonds is 1. The molecule has 0 saturated carbocycles. The zero-order chi connectivity index (χ0) is 16.1. The molecule has 0 amide bonds. The fraction of sp³-hybridized carbons (Fsp3) is 0.476. The topological polar surface area (TPSA) is 12.9 Å². The number of aryl methyl sites for hydroxylation is 2. The zero-order valence-corrected chi connectivity index (χ0v) is 14.7. The quantitative estimate of drug-likeness (QED) is 0.656. The highest BCUT2D eigenvalue weighted by molar-refractivity contribution is 5.66. The summed E-state index contributed by atoms with van der Waals surface area (Å²) >= 11 is 0. The first-order chi connectivity index (χ1) is 10.2. The lowest BCUT2D eigenvalue weighted by Gasteiger charge is -2.41. The molecule has 1 aliphatic rings. The van der Waals surface area contributed by atoms with Gasteiger partial charge in [0, 0.05) is 11.8 Å². The highest BCUT2D eigenvalue weighted by atomic mass is 14.7. The summed E-state index contributed by atoms with van der Waals surface area (Å²) < 4.78 is 0. The van der Waals surface area contributed by atoms with Gasteiger partial charge in [-0.15, -0.1) is 0 Å². The zero-order valence-electron chi connectivity index (χ0n) is 14.7. The van der Waals surface area contributed by atoms with E-state index in [0.717, 1.165) is 5.69 Å². The fourth-order valence-electron chi connectivity index (χ4n) is 3.70. The van der Waals surface area contributed by atoms with Gasteiger partial charge in [0.25, 0.3) is 0 Å². The minimum absolute atomic E-state index is 0.235. The van der Waals surface area contributed by atoms with Crippen LogP contribution in [0.4, 0.5) is 0 Å². The number of benzene rings is 1. The van der Waals surface area contributed by atoms with Crippen LogP contribution in [0.25, 0.3) is 11.3 Å². The third kappa shape index (κ3) is 2.47. The van der Waals surface area contributed by atoms with Gasteiger partial charge in [0.1, 0.15) is 0 Å². The molecule has 1 heteroatoms. The number of fused-ring (bicyclic) bond motifs is 1. The standard InChI is InChI=1S/C21H27N/c1-14-7-8-16(15(2)11-14)19-12-17-18(13-22-19)21(5,6)10-9-20(17,3)4/h7-8,11-13H,9-10H2,1-6H3. The molecule has 0 N–H and O–H groups in total. The van der Waals surface area contributed by atoms with E-state index in [9.17, 15) is 0 Å². The maximum absolute atomic E-state index is 4.81. The molecule has 0 radical (unpaired) electrons. The van der Waals surface area contributed by atoms with Crippen molar-refractivity contribution in [1.82, 2.24) is 4.98 Å². The van der Waals surface area contributed by atoms with Crippen molar-refractivity contribution in [2.45, 2.75) is 65.2 Å². The van der Waals surface area contributed by atoms with Crippen LogP contribution in [-0.2, 0) is 10.8 Å². The lowest BCUT2D eigenvalue weighted by Crippen LogP contribution is -2.34. The Morgan fingerprint density at radius 3 is 2.14 bits per heavy atom. The monoisotopic (exact) mass is 293 g/mol. The van der Waals surface area contributed by atoms with E-state index in [0.29, 0.717) is 0 Å². The van der Waals surface area contributed by atoms with Crippen molar-refractivity contribution in [2.24, 2.45) is 0 Å². The molecule has 0 aliphatic heterocycles. The molecule has 0 fully saturated rings. The molecule has 1 aliphatic carbocycles. The van der Waals surface area contributed by atoms with Crippen molar-refractivity contribution in [2.75, 3.05) is 0 Å². The summed E-state index contributed by atoms with van der Waals surface area (Å²) in [4.78, 5) is 4.81. The first kappa shape index (κ1) is 15.3. The molecule has 0 spiro atoms. The summed E-state index contributed by atoms with van der Waals surface area (Å²) in [5.41, 5.74) is 8.36. The van der Waals surface area contributed by atoms with Crippen molar-refractivity contribution in [3.05, 3.63) is 52.7 Å². The number of hydrogen-bond acceptors (Lipinski definition) is 1. The Hall–Kier alpha value is -1.63. The molecule has 116 valence electrons. The summed E-state index contributed by atoms with van der Waals surface area (Å²) in [6.45, 7) is 13.8. The fourth-order valence-corrected chi connectivity index (χ4v) is 3.70. The average Bonchev–Trinajstić information content (AvgIpc) is 2.44. The van der Waals surface area contributed by atoms with Gasteiger partial charge in [-0.3, -0.25) is 4.98 Å². The first-order valence-electron chi connectivity index (χ1n) is 8.29. The van der Waals surface area contributed by atoms with Crippen LogP contribution in [0.2, 0.25) is 0 Å². The number of nitrogens with zero attached hydrogens (tertiary/aromatic N) is 1. The Balaban J connectivity index is 2.18. The summed E-state index contributed by atoms with van der Waals surface area (Å²) in [5.74, 6) is 0. The SMILES string of the molecule is Cc1ccc(-c2cc3c(cn2)C(C)(C)CCC3(C)C)c(C)c1. The number of hydrogen-bond donors (Lipinski definition) is 0. The van der Waals surface area contributed by atoms with Crippen molar-refractivity contribution in [1.29, 1.82) is 0 Å². The number of pyridine rings is 1. The first-order valence-corrected chi connectivity index (χ1v) is 8.29. The van der Waals surface area contributed by atoms with E-state index in [1.807, 2.05) is 0 Å². The predicted molar refractivity (Wildman–Crippen MR) is 94.4 cm³/mol. The Bertz CT molecular complexity index is 723. The molecule has 0 saturated heterocycles. The van der Waals surface area contributed by atoms with E-state index in [4.69, 9.17) is 4.98 Å². The van der Waals surface area contributed by atoms with Crippen LogP contribution >= 0.6 is 0 Å². The third-order valence-corrected chi connectivity index (χ3v) is 5.40. The summed E-state index contributed by atoms with van der Waals surface area (Å²) in [6.07, 6.45) is 4.60. The van der Waals surface area contributed by atoms with Crippen molar-refractivity contribution in [3.63, 3.8) is 0 Å². The van der Waals surface area contributed by atoms with Gasteiger partial charge >= 0.3 is 0 Å². The van der Waals surface area contributed by atoms with E-state index >= 15 is 0 Å². The summed E-state index contributed by atoms with van der Waals surface area (Å²) in [6, 6.07) is 8.97. The molecule has 1 aromatic heterocycles. The van der Waals surface area contributed by atoms with E-state index < -0.39 is 0 Å². The van der Waals surface area contributed by atoms with Crippen LogP contribution in [0.15, 0.2) is 30.5 Å². The molecule has 0 unspecified atom stereocenters. The predicted octanol–water partition coefficient (Wildman–Crippen LogP) is 5.71. The molecule has 1 nitrogen and oxygen atoms in total. The van der Waals surface area contributed by atoms with Crippen LogP contribution in [0.1, 0.15) is 62.8 Å². The smallest absolute Gasteiger partial charge is 0.0707 e. The van der Waals surface area contributed by atoms with Gasteiger partial charge in [-0.25, -0.2) is 0 Å². The third-order valence-electron chi connectivity index (χ3n) is 5.40. The molecule has 0 bridgehead atoms. The maximum Gasteiger partial charge on any atom is 0.0707 e. The molecule has 3 rings (SSSR count). The second kappa shape index (κ2) is 4.94. The number of aromatic nitrogens is 1. The second-order valence-electron chi connectivity index (χ2n) is 8.20. The molecule has 1 aromatic carbocycles. The van der Waals surface area contributed by atoms with Crippen molar-refractivity contribution >= 4 is 0 Å². The normalized spacial score (nSPS) is 18.8. The lowest BCUT2D eigenvalue weighted by molar-refractivity contribution is 0.331. The van der Waals surface area contributed by atoms with Gasteiger partial charge in [0.05, 0.1) is 5.69 Å². The molecular formula is C21H27N. The Labute approximate surface area is 134 Å². The summed E-state index contributed by atoms with van der Waals surface area (Å²) in [5, 5.41) is 0. The lowest BCUT2D eigenvalue weighted by atomic mass is 9.63. The Morgan fingerprint density at radius 2 is 1.50 bits per heavy atom. The van der Waals surface area contributed by atoms with Crippen LogP contribution in [0.3, 0.4) is 0 Å². The van der Waals surface area contributed by atoms with Crippen LogP contribution < -0.4 is 0 Å². The van der Waals surface area contributed by atoms with E-state index in [2.05, 4.69) is 72.0 Å². The molecule has 1 heterocycles. The minimum Gasteiger partial charge on any atom is -0.256 e. The second-order valence-corrected chi connectivity index (χ2v) is 8.20. The largest absolute Gasteiger partial charge is 0.256 e. The molecule has 0 atom stereocenters. The van der Waals surface area contributed by atoms with Crippen molar-refractivity contribution in [3.8, 4) is 11.3 Å². The van der Waals surface area contributed by atoms with E-state index in [1.165, 1.54) is 40.7 Å². The summed E-state index contributed by atoms with van der Waals surface area (Å²) in [7, 11) is 0. The minimum atomic E-state index is 0.235. The Morgan fingerprint density at radius 1 is 0.864 bits per heavy atom. The highest BCUT2D eigenvalue weighted by Crippen LogP contribution is 2.46. The van der Waals surface area contributed by atoms with Gasteiger partial charge in [-0.05, 0) is 60.3 Å². The van der Waals surface area contributed by atoms with Gasteiger partial charge in [0.2, 0.25) is 0 Å². The maximum atomic E-state index is 4.81. The Kier molecular flexibility index (Phi) is 3.43. The van der Waals surface area contributed by atoms with Gasteiger partial charge in [-0.1, -0.05) is 51.5 Å². The molecule has 22 heavy (non-hydrogen) atoms. The van der Waals surface area contributed by atoms with E-state index in [-0.39, 0.29) is 10.8 Å². The van der Waals surface area contributed by atoms with E-state index in [1.54, 1.807) is 0 Å². The average molecular weight is 293 g/mol. The molecule has 2 aromatic rings. The highest BCUT2D eigenvalue weighted by Gasteiger charge is 2.37. The van der Waals surface area contributed by atoms with Crippen LogP contribution in [0, 0.1) is 13.8 Å². The van der Waals surface area contributed by atoms with Gasteiger partial charge < -0.3 is 0 Å². The van der Waals surface area contributed by atoms with Crippen molar-refractivity contribution < 1.29 is 0 Å². The molecular weight excluding hydrogens is 266 g/mol. The van der Waals surface area contributed by atoms with Gasteiger partial charge in [-0.2, -0.15) is 0 Å². The van der Waals surface area contributed by atoms with Crippen LogP contribution in [-0.4, -0.2) is 4.98 Å².